The number of nitrogens with zero attached hydrogens (tertiary/aromatic N) is 4. The van der Waals surface area contributed by atoms with E-state index in [0.717, 1.165) is 33.0 Å². The molecule has 0 unspecified atom stereocenters. The number of hydrogen-bond acceptors (Lipinski definition) is 6. The van der Waals surface area contributed by atoms with Gasteiger partial charge in [-0.15, -0.1) is 0 Å². The molecule has 0 amide bonds. The van der Waals surface area contributed by atoms with Gasteiger partial charge in [0.1, 0.15) is 23.6 Å². The lowest BCUT2D eigenvalue weighted by molar-refractivity contribution is 0.390. The number of aromatic nitrogens is 3. The molecule has 2 aromatic heterocycles. The Morgan fingerprint density at radius 2 is 1.88 bits per heavy atom. The molecule has 0 aliphatic carbocycles. The zero-order valence-corrected chi connectivity index (χ0v) is 16.2. The highest BCUT2D eigenvalue weighted by atomic mass is 79.9. The lowest BCUT2D eigenvalue weighted by atomic mass is 10.1. The third kappa shape index (κ3) is 4.49. The van der Waals surface area contributed by atoms with Gasteiger partial charge >= 0.3 is 0 Å². The van der Waals surface area contributed by atoms with Crippen molar-refractivity contribution in [3.05, 3.63) is 70.8 Å². The van der Waals surface area contributed by atoms with Crippen molar-refractivity contribution < 1.29 is 9.47 Å². The van der Waals surface area contributed by atoms with E-state index in [9.17, 15) is 0 Å². The van der Waals surface area contributed by atoms with E-state index in [4.69, 9.17) is 9.47 Å². The van der Waals surface area contributed by atoms with Gasteiger partial charge < -0.3 is 14.4 Å². The Morgan fingerprint density at radius 1 is 1.00 bits per heavy atom. The van der Waals surface area contributed by atoms with Crippen molar-refractivity contribution in [2.75, 3.05) is 19.1 Å². The predicted octanol–water partition coefficient (Wildman–Crippen LogP) is 3.86. The third-order valence-electron chi connectivity index (χ3n) is 3.89. The molecule has 3 rings (SSSR count). The first kappa shape index (κ1) is 18.1. The normalized spacial score (nSPS) is 10.4. The summed E-state index contributed by atoms with van der Waals surface area (Å²) in [4.78, 5) is 15.0. The molecule has 0 bridgehead atoms. The SMILES string of the molecule is COc1ccc(CN(Cc2ccc(Br)cn2)c2ccncn2)c(OC)c1. The van der Waals surface area contributed by atoms with E-state index in [2.05, 4.69) is 35.8 Å². The molecule has 6 nitrogen and oxygen atoms in total. The second-order valence-corrected chi connectivity index (χ2v) is 6.48. The first-order valence-corrected chi connectivity index (χ1v) is 8.81. The zero-order valence-electron chi connectivity index (χ0n) is 14.6. The lowest BCUT2D eigenvalue weighted by Gasteiger charge is -2.24. The summed E-state index contributed by atoms with van der Waals surface area (Å²) in [5, 5.41) is 0. The van der Waals surface area contributed by atoms with Gasteiger partial charge in [-0.25, -0.2) is 9.97 Å². The number of anilines is 1. The summed E-state index contributed by atoms with van der Waals surface area (Å²) < 4.78 is 11.8. The number of hydrogen-bond donors (Lipinski definition) is 0. The van der Waals surface area contributed by atoms with Crippen LogP contribution in [0.4, 0.5) is 5.82 Å². The van der Waals surface area contributed by atoms with Crippen molar-refractivity contribution in [2.24, 2.45) is 0 Å². The summed E-state index contributed by atoms with van der Waals surface area (Å²) in [6.45, 7) is 1.22. The quantitative estimate of drug-likeness (QED) is 0.584. The van der Waals surface area contributed by atoms with Crippen LogP contribution in [-0.2, 0) is 13.1 Å². The van der Waals surface area contributed by atoms with E-state index in [1.165, 1.54) is 0 Å². The maximum Gasteiger partial charge on any atom is 0.132 e. The molecule has 0 radical (unpaired) electrons. The molecule has 1 aromatic carbocycles. The molecule has 0 atom stereocenters. The highest BCUT2D eigenvalue weighted by Crippen LogP contribution is 2.27. The van der Waals surface area contributed by atoms with E-state index in [-0.39, 0.29) is 0 Å². The van der Waals surface area contributed by atoms with Crippen molar-refractivity contribution in [1.82, 2.24) is 15.0 Å². The molecule has 0 aliphatic rings. The molecular weight excluding hydrogens is 396 g/mol. The summed E-state index contributed by atoms with van der Waals surface area (Å²) in [5.74, 6) is 2.35. The molecule has 26 heavy (non-hydrogen) atoms. The Kier molecular flexibility index (Phi) is 6.01. The minimum absolute atomic E-state index is 0.611. The van der Waals surface area contributed by atoms with Crippen molar-refractivity contribution in [2.45, 2.75) is 13.1 Å². The van der Waals surface area contributed by atoms with Crippen molar-refractivity contribution in [1.29, 1.82) is 0 Å². The van der Waals surface area contributed by atoms with Gasteiger partial charge in [0, 0.05) is 35.0 Å². The van der Waals surface area contributed by atoms with Crippen LogP contribution in [0.2, 0.25) is 0 Å². The van der Waals surface area contributed by atoms with Gasteiger partial charge in [0.2, 0.25) is 0 Å². The fourth-order valence-corrected chi connectivity index (χ4v) is 2.81. The van der Waals surface area contributed by atoms with Crippen LogP contribution >= 0.6 is 15.9 Å². The molecule has 0 saturated carbocycles. The van der Waals surface area contributed by atoms with Crippen LogP contribution in [0, 0.1) is 0 Å². The van der Waals surface area contributed by atoms with Gasteiger partial charge in [-0.3, -0.25) is 4.98 Å². The van der Waals surface area contributed by atoms with E-state index >= 15 is 0 Å². The topological polar surface area (TPSA) is 60.4 Å². The van der Waals surface area contributed by atoms with Crippen LogP contribution in [0.5, 0.6) is 11.5 Å². The highest BCUT2D eigenvalue weighted by molar-refractivity contribution is 9.10. The van der Waals surface area contributed by atoms with Crippen molar-refractivity contribution in [3.8, 4) is 11.5 Å². The van der Waals surface area contributed by atoms with Crippen LogP contribution in [0.1, 0.15) is 11.3 Å². The van der Waals surface area contributed by atoms with Crippen molar-refractivity contribution >= 4 is 21.7 Å². The zero-order chi connectivity index (χ0) is 18.4. The number of ether oxygens (including phenoxy) is 2. The van der Waals surface area contributed by atoms with Crippen LogP contribution in [-0.4, -0.2) is 29.2 Å². The Balaban J connectivity index is 1.90. The molecular formula is C19H19BrN4O2. The maximum atomic E-state index is 5.53. The Labute approximate surface area is 161 Å². The first-order valence-electron chi connectivity index (χ1n) is 8.02. The van der Waals surface area contributed by atoms with E-state index < -0.39 is 0 Å². The molecule has 0 saturated heterocycles. The van der Waals surface area contributed by atoms with Gasteiger partial charge in [-0.05, 0) is 46.3 Å². The Hall–Kier alpha value is -2.67. The molecule has 134 valence electrons. The lowest BCUT2D eigenvalue weighted by Crippen LogP contribution is -2.24. The molecule has 0 aliphatic heterocycles. The molecule has 0 spiro atoms. The van der Waals surface area contributed by atoms with Crippen LogP contribution in [0.15, 0.2) is 59.6 Å². The first-order chi connectivity index (χ1) is 12.7. The number of methoxy groups -OCH3 is 2. The average Bonchev–Trinajstić information content (AvgIpc) is 2.70. The molecule has 0 fully saturated rings. The van der Waals surface area contributed by atoms with Gasteiger partial charge in [0.25, 0.3) is 0 Å². The highest BCUT2D eigenvalue weighted by Gasteiger charge is 2.14. The van der Waals surface area contributed by atoms with Crippen molar-refractivity contribution in [3.63, 3.8) is 0 Å². The maximum absolute atomic E-state index is 5.53. The fraction of sp³-hybridized carbons (Fsp3) is 0.211. The van der Waals surface area contributed by atoms with Gasteiger partial charge in [-0.1, -0.05) is 0 Å². The Bertz CT molecular complexity index is 844. The smallest absolute Gasteiger partial charge is 0.132 e. The average molecular weight is 415 g/mol. The minimum Gasteiger partial charge on any atom is -0.497 e. The molecule has 0 N–H and O–H groups in total. The van der Waals surface area contributed by atoms with Crippen LogP contribution in [0.25, 0.3) is 0 Å². The predicted molar refractivity (Wildman–Crippen MR) is 103 cm³/mol. The molecule has 7 heteroatoms. The van der Waals surface area contributed by atoms with E-state index in [1.54, 1.807) is 32.9 Å². The van der Waals surface area contributed by atoms with E-state index in [0.29, 0.717) is 13.1 Å². The van der Waals surface area contributed by atoms with Crippen LogP contribution < -0.4 is 14.4 Å². The Morgan fingerprint density at radius 3 is 2.54 bits per heavy atom. The van der Waals surface area contributed by atoms with Gasteiger partial charge in [-0.2, -0.15) is 0 Å². The number of benzene rings is 1. The number of rotatable bonds is 7. The monoisotopic (exact) mass is 414 g/mol. The third-order valence-corrected chi connectivity index (χ3v) is 4.36. The second kappa shape index (κ2) is 8.62. The summed E-state index contributed by atoms with van der Waals surface area (Å²) in [7, 11) is 3.30. The largest absolute Gasteiger partial charge is 0.497 e. The summed E-state index contributed by atoms with van der Waals surface area (Å²) in [5.41, 5.74) is 1.98. The standard InChI is InChI=1S/C19H19BrN4O2/c1-25-17-6-3-14(18(9-17)26-2)11-24(19-7-8-21-13-23-19)12-16-5-4-15(20)10-22-16/h3-10,13H,11-12H2,1-2H3. The molecule has 2 heterocycles. The van der Waals surface area contributed by atoms with Gasteiger partial charge in [0.15, 0.2) is 0 Å². The summed E-state index contributed by atoms with van der Waals surface area (Å²) in [6.07, 6.45) is 5.07. The number of halogens is 1. The van der Waals surface area contributed by atoms with Gasteiger partial charge in [0.05, 0.1) is 26.5 Å². The summed E-state index contributed by atoms with van der Waals surface area (Å²) in [6, 6.07) is 11.7. The summed E-state index contributed by atoms with van der Waals surface area (Å²) >= 11 is 3.42. The fourth-order valence-electron chi connectivity index (χ4n) is 2.57. The minimum atomic E-state index is 0.611. The van der Waals surface area contributed by atoms with E-state index in [1.807, 2.05) is 36.4 Å². The number of pyridine rings is 1. The van der Waals surface area contributed by atoms with Crippen LogP contribution in [0.3, 0.4) is 0 Å². The molecule has 3 aromatic rings. The second-order valence-electron chi connectivity index (χ2n) is 5.57.